The van der Waals surface area contributed by atoms with E-state index >= 15 is 0 Å². The van der Waals surface area contributed by atoms with E-state index in [2.05, 4.69) is 4.52 Å². The van der Waals surface area contributed by atoms with Crippen LogP contribution >= 0.6 is 20.3 Å². The van der Waals surface area contributed by atoms with Crippen molar-refractivity contribution in [1.82, 2.24) is 0 Å². The predicted octanol–water partition coefficient (Wildman–Crippen LogP) is 6.22. The third-order valence-electron chi connectivity index (χ3n) is 3.17. The first-order valence-electron chi connectivity index (χ1n) is 6.82. The summed E-state index contributed by atoms with van der Waals surface area (Å²) in [4.78, 5) is 12.3. The van der Waals surface area contributed by atoms with Gasteiger partial charge in [0.2, 0.25) is 0 Å². The Morgan fingerprint density at radius 2 is 1.52 bits per heavy atom. The summed E-state index contributed by atoms with van der Waals surface area (Å²) < 4.78 is 92.4. The number of rotatable bonds is 4. The van der Waals surface area contributed by atoms with Crippen LogP contribution in [0.1, 0.15) is 21.5 Å². The molecule has 2 rings (SSSR count). The molecule has 0 aliphatic heterocycles. The first-order valence-corrected chi connectivity index (χ1v) is 7.92. The molecular formula is C15H7ClF6NO3P. The minimum Gasteiger partial charge on any atom is -0.407 e. The molecule has 12 heteroatoms. The van der Waals surface area contributed by atoms with Crippen molar-refractivity contribution >= 4 is 31.9 Å². The Kier molecular flexibility index (Phi) is 6.01. The molecule has 0 fully saturated rings. The molecule has 0 aliphatic rings. The van der Waals surface area contributed by atoms with Crippen molar-refractivity contribution < 1.29 is 40.2 Å². The summed E-state index contributed by atoms with van der Waals surface area (Å²) in [6, 6.07) is 4.13. The lowest BCUT2D eigenvalue weighted by atomic mass is 10.1. The molecule has 0 atom stereocenters. The van der Waals surface area contributed by atoms with E-state index in [1.54, 1.807) is 0 Å². The number of benzene rings is 2. The minimum atomic E-state index is -5.06. The number of nitrogens with one attached hydrogen (secondary N) is 1. The maximum Gasteiger partial charge on any atom is 0.416 e. The van der Waals surface area contributed by atoms with Crippen molar-refractivity contribution in [2.45, 2.75) is 12.4 Å². The van der Waals surface area contributed by atoms with Gasteiger partial charge in [-0.05, 0) is 36.4 Å². The molecule has 0 unspecified atom stereocenters. The van der Waals surface area contributed by atoms with Crippen LogP contribution in [-0.2, 0) is 16.9 Å². The van der Waals surface area contributed by atoms with E-state index in [1.165, 1.54) is 6.07 Å². The Balaban J connectivity index is 2.46. The normalized spacial score (nSPS) is 12.1. The number of amides is 1. The second kappa shape index (κ2) is 7.74. The molecule has 2 aromatic carbocycles. The Labute approximate surface area is 154 Å². The molecule has 0 spiro atoms. The predicted molar refractivity (Wildman–Crippen MR) is 84.1 cm³/mol. The molecule has 0 radical (unpaired) electrons. The van der Waals surface area contributed by atoms with Crippen LogP contribution in [0.15, 0.2) is 36.4 Å². The van der Waals surface area contributed by atoms with Crippen molar-refractivity contribution in [3.05, 3.63) is 58.1 Å². The topological polar surface area (TPSA) is 55.4 Å². The van der Waals surface area contributed by atoms with Gasteiger partial charge < -0.3 is 9.84 Å². The summed E-state index contributed by atoms with van der Waals surface area (Å²) in [6.45, 7) is 0. The largest absolute Gasteiger partial charge is 0.416 e. The Morgan fingerprint density at radius 3 is 2.00 bits per heavy atom. The molecule has 144 valence electrons. The highest BCUT2D eigenvalue weighted by molar-refractivity contribution is 7.17. The molecule has 27 heavy (non-hydrogen) atoms. The van der Waals surface area contributed by atoms with Crippen LogP contribution in [0.4, 0.5) is 32.0 Å². The lowest BCUT2D eigenvalue weighted by Crippen LogP contribution is -2.16. The minimum absolute atomic E-state index is 0.0371. The van der Waals surface area contributed by atoms with Gasteiger partial charge in [0.05, 0.1) is 16.7 Å². The van der Waals surface area contributed by atoms with Crippen LogP contribution in [0, 0.1) is 0 Å². The molecule has 0 aromatic heterocycles. The van der Waals surface area contributed by atoms with Crippen LogP contribution in [-0.4, -0.2) is 5.91 Å². The Hall–Kier alpha value is -2.32. The standard InChI is InChI=1S/C15H7ClF6NO3P/c16-9-1-2-12(26-27-25)11(6-9)13(24)23-10-4-7(14(17,18)19)3-8(5-10)15(20,21)22/h1-6H,(H,23,24). The number of anilines is 1. The summed E-state index contributed by atoms with van der Waals surface area (Å²) >= 11 is 5.72. The van der Waals surface area contributed by atoms with Crippen molar-refractivity contribution in [1.29, 1.82) is 0 Å². The zero-order chi connectivity index (χ0) is 20.4. The monoisotopic (exact) mass is 429 g/mol. The molecule has 0 saturated carbocycles. The van der Waals surface area contributed by atoms with Crippen molar-refractivity contribution in [2.75, 3.05) is 5.32 Å². The number of hydrogen-bond acceptors (Lipinski definition) is 3. The molecule has 0 saturated heterocycles. The van der Waals surface area contributed by atoms with Crippen molar-refractivity contribution in [2.24, 2.45) is 0 Å². The van der Waals surface area contributed by atoms with E-state index in [1.807, 2.05) is 5.32 Å². The molecule has 1 N–H and O–H groups in total. The van der Waals surface area contributed by atoms with Crippen LogP contribution in [0.5, 0.6) is 5.75 Å². The van der Waals surface area contributed by atoms with Gasteiger partial charge >= 0.3 is 21.0 Å². The lowest BCUT2D eigenvalue weighted by molar-refractivity contribution is -0.143. The number of alkyl halides is 6. The van der Waals surface area contributed by atoms with Crippen LogP contribution in [0.25, 0.3) is 0 Å². The van der Waals surface area contributed by atoms with Crippen molar-refractivity contribution in [3.8, 4) is 5.75 Å². The Morgan fingerprint density at radius 1 is 0.963 bits per heavy atom. The van der Waals surface area contributed by atoms with E-state index in [-0.39, 0.29) is 22.4 Å². The maximum absolute atomic E-state index is 12.9. The third kappa shape index (κ3) is 5.33. The highest BCUT2D eigenvalue weighted by atomic mass is 35.5. The van der Waals surface area contributed by atoms with Gasteiger partial charge in [-0.3, -0.25) is 4.79 Å². The summed E-state index contributed by atoms with van der Waals surface area (Å²) in [5.41, 5.74) is -4.26. The van der Waals surface area contributed by atoms with Crippen LogP contribution in [0.2, 0.25) is 5.02 Å². The summed E-state index contributed by atoms with van der Waals surface area (Å²) in [5, 5.41) is 1.96. The molecule has 2 aromatic rings. The summed E-state index contributed by atoms with van der Waals surface area (Å²) in [6.07, 6.45) is -10.1. The molecule has 0 bridgehead atoms. The van der Waals surface area contributed by atoms with Crippen molar-refractivity contribution in [3.63, 3.8) is 0 Å². The number of hydrogen-bond donors (Lipinski definition) is 1. The highest BCUT2D eigenvalue weighted by Crippen LogP contribution is 2.38. The zero-order valence-electron chi connectivity index (χ0n) is 12.8. The fraction of sp³-hybridized carbons (Fsp3) is 0.133. The van der Waals surface area contributed by atoms with E-state index in [0.29, 0.717) is 12.1 Å². The van der Waals surface area contributed by atoms with Crippen LogP contribution < -0.4 is 9.84 Å². The Bertz CT molecular complexity index is 853. The van der Waals surface area contributed by atoms with E-state index < -0.39 is 43.8 Å². The van der Waals surface area contributed by atoms with Crippen LogP contribution in [0.3, 0.4) is 0 Å². The molecule has 1 amide bonds. The second-order valence-electron chi connectivity index (χ2n) is 5.05. The van der Waals surface area contributed by atoms with E-state index in [4.69, 9.17) is 11.6 Å². The number of carbonyl (C=O) groups excluding carboxylic acids is 1. The number of carbonyl (C=O) groups is 1. The third-order valence-corrected chi connectivity index (χ3v) is 3.67. The van der Waals surface area contributed by atoms with E-state index in [0.717, 1.165) is 12.1 Å². The van der Waals surface area contributed by atoms with Gasteiger partial charge in [-0.25, -0.2) is 4.57 Å². The first-order chi connectivity index (χ1) is 12.4. The van der Waals surface area contributed by atoms with Gasteiger partial charge in [0, 0.05) is 10.7 Å². The van der Waals surface area contributed by atoms with Gasteiger partial charge in [-0.2, -0.15) is 26.3 Å². The highest BCUT2D eigenvalue weighted by Gasteiger charge is 2.37. The number of halogens is 7. The smallest absolute Gasteiger partial charge is 0.407 e. The van der Waals surface area contributed by atoms with E-state index in [9.17, 15) is 35.7 Å². The average Bonchev–Trinajstić information content (AvgIpc) is 2.54. The summed E-state index contributed by atoms with van der Waals surface area (Å²) in [7, 11) is -0.831. The molecular weight excluding hydrogens is 423 g/mol. The van der Waals surface area contributed by atoms with Gasteiger partial charge in [-0.1, -0.05) is 11.6 Å². The van der Waals surface area contributed by atoms with Gasteiger partial charge in [0.1, 0.15) is 5.75 Å². The first kappa shape index (κ1) is 21.0. The fourth-order valence-corrected chi connectivity index (χ4v) is 2.44. The van der Waals surface area contributed by atoms with Gasteiger partial charge in [0.15, 0.2) is 0 Å². The maximum atomic E-state index is 12.9. The molecule has 0 aliphatic carbocycles. The lowest BCUT2D eigenvalue weighted by Gasteiger charge is -2.15. The molecule has 4 nitrogen and oxygen atoms in total. The molecule has 0 heterocycles. The summed E-state index contributed by atoms with van der Waals surface area (Å²) in [5.74, 6) is -1.35. The zero-order valence-corrected chi connectivity index (χ0v) is 14.4. The SMILES string of the molecule is O=POc1ccc(Cl)cc1C(=O)Nc1cc(C(F)(F)F)cc(C(F)(F)F)c1. The van der Waals surface area contributed by atoms with Gasteiger partial charge in [0.25, 0.3) is 5.91 Å². The van der Waals surface area contributed by atoms with Gasteiger partial charge in [-0.15, -0.1) is 0 Å². The fourth-order valence-electron chi connectivity index (χ4n) is 2.02. The quantitative estimate of drug-likeness (QED) is 0.464. The average molecular weight is 430 g/mol. The second-order valence-corrected chi connectivity index (χ2v) is 5.82.